The third kappa shape index (κ3) is 3.77. The number of ketones is 1. The first-order valence-electron chi connectivity index (χ1n) is 11.0. The molecular formula is C28H24O4S. The molecule has 4 nitrogen and oxygen atoms in total. The number of sulfone groups is 1. The Morgan fingerprint density at radius 3 is 2.06 bits per heavy atom. The number of hydrogen-bond acceptors (Lipinski definition) is 4. The van der Waals surface area contributed by atoms with E-state index in [0.717, 1.165) is 16.3 Å². The van der Waals surface area contributed by atoms with Gasteiger partial charge < -0.3 is 5.11 Å². The molecule has 0 aromatic heterocycles. The zero-order chi connectivity index (χ0) is 23.1. The van der Waals surface area contributed by atoms with Gasteiger partial charge in [-0.15, -0.1) is 0 Å². The van der Waals surface area contributed by atoms with Gasteiger partial charge in [-0.1, -0.05) is 91.0 Å². The van der Waals surface area contributed by atoms with Crippen LogP contribution in [0.25, 0.3) is 10.8 Å². The molecule has 0 spiro atoms. The van der Waals surface area contributed by atoms with E-state index < -0.39 is 26.6 Å². The average Bonchev–Trinajstić information content (AvgIpc) is 2.84. The summed E-state index contributed by atoms with van der Waals surface area (Å²) in [6, 6.07) is 30.5. The molecule has 1 N–H and O–H groups in total. The highest BCUT2D eigenvalue weighted by Gasteiger charge is 2.55. The van der Waals surface area contributed by atoms with Crippen LogP contribution in [0, 0.1) is 0 Å². The van der Waals surface area contributed by atoms with E-state index in [4.69, 9.17) is 0 Å². The van der Waals surface area contributed by atoms with Gasteiger partial charge in [0.25, 0.3) is 0 Å². The van der Waals surface area contributed by atoms with Crippen molar-refractivity contribution < 1.29 is 18.3 Å². The van der Waals surface area contributed by atoms with Gasteiger partial charge in [0.2, 0.25) is 0 Å². The maximum atomic E-state index is 14.1. The topological polar surface area (TPSA) is 71.4 Å². The van der Waals surface area contributed by atoms with Gasteiger partial charge >= 0.3 is 0 Å². The van der Waals surface area contributed by atoms with Crippen molar-refractivity contribution in [2.75, 3.05) is 0 Å². The first-order valence-corrected chi connectivity index (χ1v) is 12.5. The molecule has 5 rings (SSSR count). The molecular weight excluding hydrogens is 432 g/mol. The van der Waals surface area contributed by atoms with E-state index in [1.807, 2.05) is 42.5 Å². The first-order chi connectivity index (χ1) is 15.9. The molecule has 0 amide bonds. The summed E-state index contributed by atoms with van der Waals surface area (Å²) in [6.45, 7) is 0. The number of aliphatic hydroxyl groups is 1. The van der Waals surface area contributed by atoms with E-state index >= 15 is 0 Å². The van der Waals surface area contributed by atoms with Crippen molar-refractivity contribution in [2.45, 2.75) is 34.5 Å². The first kappa shape index (κ1) is 21.6. The summed E-state index contributed by atoms with van der Waals surface area (Å²) in [6.07, 6.45) is -0.179. The Bertz CT molecular complexity index is 1410. The summed E-state index contributed by atoms with van der Waals surface area (Å²) in [7, 11) is -3.99. The summed E-state index contributed by atoms with van der Waals surface area (Å²) in [5, 5.41) is 12.8. The minimum absolute atomic E-state index is 0.0597. The SMILES string of the molecule is O=C1C[C@@H](c2ccc3ccccc3c2)[C@H](S(=O)(=O)c2ccccc2)[C@@](O)(c2ccccc2)C1. The molecule has 1 saturated carbocycles. The number of carbonyl (C=O) groups excluding carboxylic acids is 1. The summed E-state index contributed by atoms with van der Waals surface area (Å²) < 4.78 is 28.1. The van der Waals surface area contributed by atoms with Crippen LogP contribution in [0.5, 0.6) is 0 Å². The van der Waals surface area contributed by atoms with Crippen molar-refractivity contribution in [3.63, 3.8) is 0 Å². The number of hydrogen-bond donors (Lipinski definition) is 1. The maximum Gasteiger partial charge on any atom is 0.185 e. The van der Waals surface area contributed by atoms with Crippen molar-refractivity contribution in [3.05, 3.63) is 114 Å². The van der Waals surface area contributed by atoms with Crippen molar-refractivity contribution in [3.8, 4) is 0 Å². The largest absolute Gasteiger partial charge is 0.383 e. The summed E-state index contributed by atoms with van der Waals surface area (Å²) in [5.41, 5.74) is -0.671. The van der Waals surface area contributed by atoms with Gasteiger partial charge in [-0.3, -0.25) is 4.79 Å². The predicted octanol–water partition coefficient (Wildman–Crippen LogP) is 5.02. The predicted molar refractivity (Wildman–Crippen MR) is 129 cm³/mol. The van der Waals surface area contributed by atoms with Gasteiger partial charge in [0, 0.05) is 18.8 Å². The van der Waals surface area contributed by atoms with E-state index in [-0.39, 0.29) is 23.5 Å². The maximum absolute atomic E-state index is 14.1. The van der Waals surface area contributed by atoms with Gasteiger partial charge in [-0.2, -0.15) is 0 Å². The molecule has 4 aromatic carbocycles. The average molecular weight is 457 g/mol. The second-order valence-electron chi connectivity index (χ2n) is 8.70. The molecule has 33 heavy (non-hydrogen) atoms. The Balaban J connectivity index is 1.74. The molecule has 5 heteroatoms. The molecule has 0 radical (unpaired) electrons. The molecule has 166 valence electrons. The summed E-state index contributed by atoms with van der Waals surface area (Å²) >= 11 is 0. The lowest BCUT2D eigenvalue weighted by Crippen LogP contribution is -2.53. The van der Waals surface area contributed by atoms with Crippen molar-refractivity contribution in [1.29, 1.82) is 0 Å². The monoisotopic (exact) mass is 456 g/mol. The standard InChI is InChI=1S/C28H24O4S/c29-24-18-26(22-16-15-20-9-7-8-10-21(20)17-22)27(33(31,32)25-13-5-2-6-14-25)28(30,19-24)23-11-3-1-4-12-23/h1-17,26-27,30H,18-19H2/t26-,27-,28-/m0/s1. The Morgan fingerprint density at radius 1 is 0.758 bits per heavy atom. The number of benzene rings is 4. The molecule has 3 atom stereocenters. The Labute approximate surface area is 193 Å². The smallest absolute Gasteiger partial charge is 0.185 e. The molecule has 0 bridgehead atoms. The molecule has 1 aliphatic carbocycles. The quantitative estimate of drug-likeness (QED) is 0.468. The molecule has 0 aliphatic heterocycles. The van der Waals surface area contributed by atoms with Crippen LogP contribution in [0.2, 0.25) is 0 Å². The second-order valence-corrected chi connectivity index (χ2v) is 10.8. The number of fused-ring (bicyclic) bond motifs is 1. The van der Waals surface area contributed by atoms with E-state index in [1.165, 1.54) is 0 Å². The van der Waals surface area contributed by atoms with Crippen LogP contribution in [-0.2, 0) is 20.2 Å². The van der Waals surface area contributed by atoms with Crippen LogP contribution in [0.3, 0.4) is 0 Å². The molecule has 0 saturated heterocycles. The fourth-order valence-corrected chi connectivity index (χ4v) is 7.36. The van der Waals surface area contributed by atoms with Crippen LogP contribution in [0.4, 0.5) is 0 Å². The van der Waals surface area contributed by atoms with E-state index in [9.17, 15) is 18.3 Å². The Morgan fingerprint density at radius 2 is 1.36 bits per heavy atom. The zero-order valence-electron chi connectivity index (χ0n) is 18.0. The highest BCUT2D eigenvalue weighted by Crippen LogP contribution is 2.48. The Kier molecular flexibility index (Phi) is 5.39. The zero-order valence-corrected chi connectivity index (χ0v) is 18.8. The van der Waals surface area contributed by atoms with Gasteiger partial charge in [-0.05, 0) is 34.0 Å². The Hall–Kier alpha value is -3.28. The third-order valence-electron chi connectivity index (χ3n) is 6.63. The third-order valence-corrected chi connectivity index (χ3v) is 8.95. The van der Waals surface area contributed by atoms with Gasteiger partial charge in [0.05, 0.1) is 4.90 Å². The second kappa shape index (κ2) is 8.25. The normalized spacial score (nSPS) is 23.5. The van der Waals surface area contributed by atoms with Crippen LogP contribution in [-0.4, -0.2) is 24.6 Å². The summed E-state index contributed by atoms with van der Waals surface area (Å²) in [4.78, 5) is 13.1. The molecule has 0 unspecified atom stereocenters. The number of rotatable bonds is 4. The fourth-order valence-electron chi connectivity index (χ4n) is 5.11. The van der Waals surface area contributed by atoms with Crippen molar-refractivity contribution in [1.82, 2.24) is 0 Å². The van der Waals surface area contributed by atoms with Gasteiger partial charge in [0.15, 0.2) is 9.84 Å². The van der Waals surface area contributed by atoms with E-state index in [1.54, 1.807) is 60.7 Å². The molecule has 4 aromatic rings. The van der Waals surface area contributed by atoms with Crippen LogP contribution < -0.4 is 0 Å². The number of Topliss-reactive ketones (excluding diaryl/α,β-unsaturated/α-hetero) is 1. The van der Waals surface area contributed by atoms with Gasteiger partial charge in [-0.25, -0.2) is 8.42 Å². The molecule has 0 heterocycles. The van der Waals surface area contributed by atoms with Crippen molar-refractivity contribution >= 4 is 26.4 Å². The van der Waals surface area contributed by atoms with Crippen LogP contribution >= 0.6 is 0 Å². The number of carbonyl (C=O) groups is 1. The minimum Gasteiger partial charge on any atom is -0.383 e. The molecule has 1 aliphatic rings. The lowest BCUT2D eigenvalue weighted by atomic mass is 9.71. The van der Waals surface area contributed by atoms with Crippen LogP contribution in [0.1, 0.15) is 29.9 Å². The van der Waals surface area contributed by atoms with Gasteiger partial charge in [0.1, 0.15) is 16.6 Å². The lowest BCUT2D eigenvalue weighted by Gasteiger charge is -2.44. The fraction of sp³-hybridized carbons (Fsp3) is 0.179. The highest BCUT2D eigenvalue weighted by molar-refractivity contribution is 7.92. The van der Waals surface area contributed by atoms with Crippen molar-refractivity contribution in [2.24, 2.45) is 0 Å². The highest BCUT2D eigenvalue weighted by atomic mass is 32.2. The summed E-state index contributed by atoms with van der Waals surface area (Å²) in [5.74, 6) is -0.842. The van der Waals surface area contributed by atoms with E-state index in [2.05, 4.69) is 0 Å². The molecule has 1 fully saturated rings. The minimum atomic E-state index is -3.99. The van der Waals surface area contributed by atoms with E-state index in [0.29, 0.717) is 5.56 Å². The van der Waals surface area contributed by atoms with Crippen LogP contribution in [0.15, 0.2) is 108 Å². The lowest BCUT2D eigenvalue weighted by molar-refractivity contribution is -0.129.